The van der Waals surface area contributed by atoms with Crippen molar-refractivity contribution in [3.63, 3.8) is 0 Å². The highest BCUT2D eigenvalue weighted by atomic mass is 79.9. The molecule has 0 fully saturated rings. The molecule has 0 aliphatic heterocycles. The smallest absolute Gasteiger partial charge is 0.303 e. The van der Waals surface area contributed by atoms with Crippen LogP contribution in [0.25, 0.3) is 0 Å². The van der Waals surface area contributed by atoms with Crippen LogP contribution in [0.2, 0.25) is 0 Å². The highest BCUT2D eigenvalue weighted by Gasteiger charge is 2.24. The third-order valence-electron chi connectivity index (χ3n) is 4.07. The first-order valence-corrected chi connectivity index (χ1v) is 11.4. The molecular weight excluding hydrogens is 472 g/mol. The van der Waals surface area contributed by atoms with Crippen molar-refractivity contribution in [2.45, 2.75) is 13.5 Å². The van der Waals surface area contributed by atoms with Crippen molar-refractivity contribution in [1.82, 2.24) is 9.71 Å². The van der Waals surface area contributed by atoms with E-state index in [2.05, 4.69) is 27.0 Å². The van der Waals surface area contributed by atoms with E-state index in [4.69, 9.17) is 9.68 Å². The van der Waals surface area contributed by atoms with E-state index in [0.29, 0.717) is 17.8 Å². The van der Waals surface area contributed by atoms with Gasteiger partial charge in [-0.15, -0.1) is 0 Å². The van der Waals surface area contributed by atoms with Crippen molar-refractivity contribution in [1.29, 1.82) is 5.26 Å². The molecule has 1 aromatic heterocycles. The minimum absolute atomic E-state index is 0.120. The van der Waals surface area contributed by atoms with Gasteiger partial charge in [0.1, 0.15) is 5.76 Å². The van der Waals surface area contributed by atoms with Crippen LogP contribution in [0.5, 0.6) is 0 Å². The Hall–Kier alpha value is -3.16. The van der Waals surface area contributed by atoms with Gasteiger partial charge >= 0.3 is 6.01 Å². The van der Waals surface area contributed by atoms with Crippen molar-refractivity contribution in [3.05, 3.63) is 75.6 Å². The van der Waals surface area contributed by atoms with Crippen LogP contribution < -0.4 is 9.62 Å². The number of halogens is 1. The molecule has 0 spiro atoms. The zero-order valence-electron chi connectivity index (χ0n) is 16.1. The third kappa shape index (κ3) is 5.25. The minimum atomic E-state index is -3.74. The number of carbonyl (C=O) groups excluding carboxylic acids is 1. The number of sulfonamides is 1. The Morgan fingerprint density at radius 2 is 1.83 bits per heavy atom. The molecule has 8 nitrogen and oxygen atoms in total. The van der Waals surface area contributed by atoms with Crippen LogP contribution in [0.1, 0.15) is 27.4 Å². The predicted molar refractivity (Wildman–Crippen MR) is 115 cm³/mol. The van der Waals surface area contributed by atoms with Gasteiger partial charge in [-0.2, -0.15) is 10.2 Å². The number of nitrogens with zero attached hydrogens (tertiary/aromatic N) is 3. The first-order valence-electron chi connectivity index (χ1n) is 8.68. The molecule has 154 valence electrons. The molecule has 0 saturated heterocycles. The SMILES string of the molecule is Cc1oc(N(Cc2ccc(Br)cc2)c2ccc(C#N)cc2)nc1C(=O)NS(C)(=O)=O. The zero-order valence-corrected chi connectivity index (χ0v) is 18.5. The average Bonchev–Trinajstić information content (AvgIpc) is 3.08. The second-order valence-electron chi connectivity index (χ2n) is 6.48. The number of amides is 1. The number of aromatic nitrogens is 1. The number of anilines is 2. The molecule has 1 N–H and O–H groups in total. The van der Waals surface area contributed by atoms with E-state index in [1.54, 1.807) is 29.2 Å². The predicted octanol–water partition coefficient (Wildman–Crippen LogP) is 3.64. The number of rotatable bonds is 6. The fourth-order valence-corrected chi connectivity index (χ4v) is 3.38. The summed E-state index contributed by atoms with van der Waals surface area (Å²) in [6.07, 6.45) is 0.887. The Labute approximate surface area is 182 Å². The monoisotopic (exact) mass is 488 g/mol. The van der Waals surface area contributed by atoms with E-state index < -0.39 is 15.9 Å². The standard InChI is InChI=1S/C20H17BrN4O4S/c1-13-18(19(26)24-30(2,27)28)23-20(29-13)25(12-15-3-7-16(21)8-4-15)17-9-5-14(11-22)6-10-17/h3-10H,12H2,1-2H3,(H,24,26). The highest BCUT2D eigenvalue weighted by Crippen LogP contribution is 2.29. The van der Waals surface area contributed by atoms with Gasteiger partial charge in [-0.25, -0.2) is 13.1 Å². The van der Waals surface area contributed by atoms with E-state index in [1.807, 2.05) is 29.0 Å². The second-order valence-corrected chi connectivity index (χ2v) is 9.14. The molecule has 30 heavy (non-hydrogen) atoms. The maximum Gasteiger partial charge on any atom is 0.303 e. The van der Waals surface area contributed by atoms with Gasteiger partial charge in [0.15, 0.2) is 5.69 Å². The van der Waals surface area contributed by atoms with Crippen molar-refractivity contribution in [3.8, 4) is 6.07 Å². The summed E-state index contributed by atoms with van der Waals surface area (Å²) in [6.45, 7) is 1.90. The normalized spacial score (nSPS) is 11.0. The summed E-state index contributed by atoms with van der Waals surface area (Å²) in [5, 5.41) is 9.05. The topological polar surface area (TPSA) is 116 Å². The van der Waals surface area contributed by atoms with Gasteiger partial charge < -0.3 is 4.42 Å². The van der Waals surface area contributed by atoms with Gasteiger partial charge in [-0.1, -0.05) is 28.1 Å². The first-order chi connectivity index (χ1) is 14.2. The molecule has 3 rings (SSSR count). The van der Waals surface area contributed by atoms with Crippen molar-refractivity contribution in [2.24, 2.45) is 0 Å². The molecule has 0 unspecified atom stereocenters. The van der Waals surface area contributed by atoms with Crippen molar-refractivity contribution >= 4 is 43.6 Å². The molecule has 0 bridgehead atoms. The lowest BCUT2D eigenvalue weighted by Gasteiger charge is -2.21. The van der Waals surface area contributed by atoms with E-state index in [1.165, 1.54) is 6.92 Å². The van der Waals surface area contributed by atoms with Crippen LogP contribution >= 0.6 is 15.9 Å². The minimum Gasteiger partial charge on any atom is -0.428 e. The van der Waals surface area contributed by atoms with Crippen LogP contribution in [-0.2, 0) is 16.6 Å². The Balaban J connectivity index is 2.01. The van der Waals surface area contributed by atoms with Crippen molar-refractivity contribution < 1.29 is 17.6 Å². The van der Waals surface area contributed by atoms with Gasteiger partial charge in [0, 0.05) is 10.2 Å². The number of nitrogens with one attached hydrogen (secondary N) is 1. The van der Waals surface area contributed by atoms with Crippen LogP contribution in [0.3, 0.4) is 0 Å². The van der Waals surface area contributed by atoms with Crippen LogP contribution in [0.4, 0.5) is 11.7 Å². The summed E-state index contributed by atoms with van der Waals surface area (Å²) in [6, 6.07) is 16.7. The lowest BCUT2D eigenvalue weighted by Crippen LogP contribution is -2.30. The summed E-state index contributed by atoms with van der Waals surface area (Å²) >= 11 is 3.40. The molecule has 1 heterocycles. The lowest BCUT2D eigenvalue weighted by molar-refractivity contribution is 0.0976. The van der Waals surface area contributed by atoms with Gasteiger partial charge in [-0.3, -0.25) is 9.69 Å². The Morgan fingerprint density at radius 3 is 2.40 bits per heavy atom. The average molecular weight is 489 g/mol. The van der Waals surface area contributed by atoms with E-state index in [0.717, 1.165) is 16.3 Å². The lowest BCUT2D eigenvalue weighted by atomic mass is 10.2. The summed E-state index contributed by atoms with van der Waals surface area (Å²) in [4.78, 5) is 18.2. The maximum absolute atomic E-state index is 12.3. The van der Waals surface area contributed by atoms with Crippen LogP contribution in [0, 0.1) is 18.3 Å². The van der Waals surface area contributed by atoms with Crippen LogP contribution in [-0.4, -0.2) is 25.6 Å². The molecule has 0 aliphatic carbocycles. The highest BCUT2D eigenvalue weighted by molar-refractivity contribution is 9.10. The number of hydrogen-bond donors (Lipinski definition) is 1. The van der Waals surface area contributed by atoms with Gasteiger partial charge in [0.25, 0.3) is 5.91 Å². The number of carbonyl (C=O) groups is 1. The van der Waals surface area contributed by atoms with Crippen molar-refractivity contribution in [2.75, 3.05) is 11.2 Å². The zero-order chi connectivity index (χ0) is 21.9. The van der Waals surface area contributed by atoms with Gasteiger partial charge in [0.05, 0.1) is 24.4 Å². The van der Waals surface area contributed by atoms with E-state index in [9.17, 15) is 13.2 Å². The molecule has 2 aromatic carbocycles. The number of hydrogen-bond acceptors (Lipinski definition) is 7. The Bertz CT molecular complexity index is 1210. The fraction of sp³-hybridized carbons (Fsp3) is 0.150. The summed E-state index contributed by atoms with van der Waals surface area (Å²) < 4.78 is 31.3. The first kappa shape index (κ1) is 21.5. The van der Waals surface area contributed by atoms with E-state index in [-0.39, 0.29) is 17.5 Å². The summed E-state index contributed by atoms with van der Waals surface area (Å²) in [7, 11) is -3.74. The number of aryl methyl sites for hydroxylation is 1. The molecule has 1 amide bonds. The van der Waals surface area contributed by atoms with Gasteiger partial charge in [0.2, 0.25) is 10.0 Å². The van der Waals surface area contributed by atoms with Gasteiger partial charge in [-0.05, 0) is 48.9 Å². The maximum atomic E-state index is 12.3. The molecule has 3 aromatic rings. The molecule has 0 atom stereocenters. The molecule has 0 radical (unpaired) electrons. The Morgan fingerprint density at radius 1 is 1.20 bits per heavy atom. The van der Waals surface area contributed by atoms with E-state index >= 15 is 0 Å². The fourth-order valence-electron chi connectivity index (χ4n) is 2.68. The molecule has 10 heteroatoms. The molecule has 0 saturated carbocycles. The summed E-state index contributed by atoms with van der Waals surface area (Å²) in [5.74, 6) is -0.686. The van der Waals surface area contributed by atoms with Crippen LogP contribution in [0.15, 0.2) is 57.4 Å². The quantitative estimate of drug-likeness (QED) is 0.562. The second kappa shape index (κ2) is 8.69. The molecule has 0 aliphatic rings. The number of benzene rings is 2. The number of nitriles is 1. The Kier molecular flexibility index (Phi) is 6.24. The third-order valence-corrected chi connectivity index (χ3v) is 5.16. The number of oxazole rings is 1. The summed E-state index contributed by atoms with van der Waals surface area (Å²) in [5.41, 5.74) is 2.01. The molecular formula is C20H17BrN4O4S. The largest absolute Gasteiger partial charge is 0.428 e.